The highest BCUT2D eigenvalue weighted by atomic mass is 32.2. The molecule has 0 radical (unpaired) electrons. The van der Waals surface area contributed by atoms with Crippen molar-refractivity contribution in [2.75, 3.05) is 27.6 Å². The Balaban J connectivity index is 0.000000382. The van der Waals surface area contributed by atoms with Crippen molar-refractivity contribution < 1.29 is 18.7 Å². The number of nitrogens with zero attached hydrogens (tertiary/aromatic N) is 1. The summed E-state index contributed by atoms with van der Waals surface area (Å²) < 4.78 is 14.1. The third-order valence-electron chi connectivity index (χ3n) is 3.36. The summed E-state index contributed by atoms with van der Waals surface area (Å²) in [6.07, 6.45) is 1.78. The largest absolute Gasteiger partial charge is 0.497 e. The maximum atomic E-state index is 8.47. The van der Waals surface area contributed by atoms with Crippen molar-refractivity contribution in [2.45, 2.75) is 6.92 Å². The molecule has 0 aromatic heterocycles. The SMILES string of the molecule is COOSC.COc1ccccc1.COc1ccccc1.Cc1ccccc1C#N. The predicted octanol–water partition coefficient (Wildman–Crippen LogP) is 6.10. The van der Waals surface area contributed by atoms with Gasteiger partial charge in [-0.15, -0.1) is 0 Å². The van der Waals surface area contributed by atoms with Crippen LogP contribution < -0.4 is 9.47 Å². The zero-order valence-corrected chi connectivity index (χ0v) is 18.9. The molecule has 0 heterocycles. The number of para-hydroxylation sites is 2. The molecule has 0 saturated heterocycles. The smallest absolute Gasteiger partial charge is 0.118 e. The first-order chi connectivity index (χ1) is 14.6. The van der Waals surface area contributed by atoms with Gasteiger partial charge in [-0.25, -0.2) is 4.89 Å². The topological polar surface area (TPSA) is 60.7 Å². The fourth-order valence-electron chi connectivity index (χ4n) is 1.88. The van der Waals surface area contributed by atoms with Gasteiger partial charge in [0.15, 0.2) is 0 Å². The number of benzene rings is 3. The second-order valence-corrected chi connectivity index (χ2v) is 5.83. The fraction of sp³-hybridized carbons (Fsp3) is 0.208. The Bertz CT molecular complexity index is 767. The van der Waals surface area contributed by atoms with Crippen LogP contribution in [0.4, 0.5) is 0 Å². The molecule has 5 nitrogen and oxygen atoms in total. The van der Waals surface area contributed by atoms with Crippen molar-refractivity contribution in [1.29, 1.82) is 5.26 Å². The lowest BCUT2D eigenvalue weighted by Crippen LogP contribution is -1.78. The maximum Gasteiger partial charge on any atom is 0.118 e. The number of hydrogen-bond donors (Lipinski definition) is 0. The fourth-order valence-corrected chi connectivity index (χ4v) is 2.02. The van der Waals surface area contributed by atoms with Gasteiger partial charge >= 0.3 is 0 Å². The molecule has 0 aliphatic carbocycles. The van der Waals surface area contributed by atoms with Crippen LogP contribution in [0.5, 0.6) is 11.5 Å². The first-order valence-electron chi connectivity index (χ1n) is 9.00. The lowest BCUT2D eigenvalue weighted by molar-refractivity contribution is -0.159. The number of ether oxygens (including phenoxy) is 2. The van der Waals surface area contributed by atoms with Gasteiger partial charge < -0.3 is 9.47 Å². The molecule has 0 amide bonds. The van der Waals surface area contributed by atoms with Crippen LogP contribution in [0.15, 0.2) is 84.9 Å². The molecule has 3 rings (SSSR count). The van der Waals surface area contributed by atoms with E-state index in [4.69, 9.17) is 14.7 Å². The van der Waals surface area contributed by atoms with E-state index in [-0.39, 0.29) is 0 Å². The van der Waals surface area contributed by atoms with Gasteiger partial charge in [0.05, 0.1) is 33.0 Å². The highest BCUT2D eigenvalue weighted by molar-refractivity contribution is 7.93. The van der Waals surface area contributed by atoms with Crippen molar-refractivity contribution in [1.82, 2.24) is 0 Å². The molecule has 0 unspecified atom stereocenters. The van der Waals surface area contributed by atoms with E-state index >= 15 is 0 Å². The van der Waals surface area contributed by atoms with E-state index in [1.54, 1.807) is 20.5 Å². The van der Waals surface area contributed by atoms with Crippen LogP contribution in [-0.2, 0) is 9.22 Å². The molecular weight excluding hydrogens is 398 g/mol. The average Bonchev–Trinajstić information content (AvgIpc) is 2.82. The molecule has 0 aliphatic heterocycles. The maximum absolute atomic E-state index is 8.47. The first kappa shape index (κ1) is 27.0. The van der Waals surface area contributed by atoms with Crippen molar-refractivity contribution >= 4 is 12.0 Å². The van der Waals surface area contributed by atoms with Crippen LogP contribution in [0.3, 0.4) is 0 Å². The normalized spacial score (nSPS) is 8.53. The summed E-state index contributed by atoms with van der Waals surface area (Å²) in [4.78, 5) is 4.15. The van der Waals surface area contributed by atoms with Gasteiger partial charge in [-0.05, 0) is 42.8 Å². The number of methoxy groups -OCH3 is 2. The molecule has 0 aliphatic rings. The van der Waals surface area contributed by atoms with Gasteiger partial charge in [-0.3, -0.25) is 0 Å². The summed E-state index contributed by atoms with van der Waals surface area (Å²) in [5.74, 6) is 1.82. The first-order valence-corrected chi connectivity index (χ1v) is 10.1. The molecule has 0 spiro atoms. The minimum absolute atomic E-state index is 0.762. The van der Waals surface area contributed by atoms with E-state index in [9.17, 15) is 0 Å². The summed E-state index contributed by atoms with van der Waals surface area (Å²) in [5.41, 5.74) is 1.80. The van der Waals surface area contributed by atoms with Crippen LogP contribution >= 0.6 is 12.0 Å². The Morgan fingerprint density at radius 2 is 1.13 bits per heavy atom. The molecule has 6 heteroatoms. The predicted molar refractivity (Wildman–Crippen MR) is 123 cm³/mol. The third-order valence-corrected chi connectivity index (χ3v) is 3.63. The lowest BCUT2D eigenvalue weighted by atomic mass is 10.1. The summed E-state index contributed by atoms with van der Waals surface area (Å²) in [6.45, 7) is 1.93. The van der Waals surface area contributed by atoms with E-state index in [1.807, 2.05) is 91.9 Å². The Morgan fingerprint density at radius 1 is 0.700 bits per heavy atom. The molecule has 0 N–H and O–H groups in total. The van der Waals surface area contributed by atoms with Crippen molar-refractivity contribution in [3.05, 3.63) is 96.1 Å². The average molecular weight is 428 g/mol. The van der Waals surface area contributed by atoms with Crippen molar-refractivity contribution in [3.63, 3.8) is 0 Å². The van der Waals surface area contributed by atoms with Crippen LogP contribution in [-0.4, -0.2) is 27.6 Å². The van der Waals surface area contributed by atoms with Gasteiger partial charge in [0.25, 0.3) is 0 Å². The van der Waals surface area contributed by atoms with E-state index in [0.29, 0.717) is 0 Å². The molecule has 0 atom stereocenters. The van der Waals surface area contributed by atoms with Crippen molar-refractivity contribution in [3.8, 4) is 17.6 Å². The molecule has 0 fully saturated rings. The Hall–Kier alpha value is -2.98. The Morgan fingerprint density at radius 3 is 1.37 bits per heavy atom. The Labute approximate surface area is 184 Å². The van der Waals surface area contributed by atoms with E-state index in [2.05, 4.69) is 15.3 Å². The summed E-state index contributed by atoms with van der Waals surface area (Å²) >= 11 is 1.18. The number of nitriles is 1. The number of aryl methyl sites for hydroxylation is 1. The summed E-state index contributed by atoms with van der Waals surface area (Å²) in [6, 6.07) is 29.0. The highest BCUT2D eigenvalue weighted by Crippen LogP contribution is 2.06. The van der Waals surface area contributed by atoms with Gasteiger partial charge in [0.1, 0.15) is 11.5 Å². The number of rotatable bonds is 4. The van der Waals surface area contributed by atoms with Gasteiger partial charge in [0, 0.05) is 18.3 Å². The Kier molecular flexibility index (Phi) is 17.4. The zero-order chi connectivity index (χ0) is 22.5. The van der Waals surface area contributed by atoms with Gasteiger partial charge in [-0.1, -0.05) is 54.6 Å². The highest BCUT2D eigenvalue weighted by Gasteiger charge is 1.90. The molecule has 3 aromatic carbocycles. The molecule has 0 saturated carbocycles. The van der Waals surface area contributed by atoms with Crippen LogP contribution in [0.1, 0.15) is 11.1 Å². The minimum atomic E-state index is 0.762. The molecule has 3 aromatic rings. The lowest BCUT2D eigenvalue weighted by Gasteiger charge is -1.93. The second kappa shape index (κ2) is 19.3. The molecular formula is C24H29NO4S. The monoisotopic (exact) mass is 427 g/mol. The second-order valence-electron chi connectivity index (χ2n) is 5.36. The number of hydrogen-bond acceptors (Lipinski definition) is 6. The minimum Gasteiger partial charge on any atom is -0.497 e. The summed E-state index contributed by atoms with van der Waals surface area (Å²) in [7, 11) is 4.79. The zero-order valence-electron chi connectivity index (χ0n) is 18.1. The molecule has 0 bridgehead atoms. The molecule has 160 valence electrons. The van der Waals surface area contributed by atoms with Gasteiger partial charge in [0.2, 0.25) is 0 Å². The van der Waals surface area contributed by atoms with Crippen LogP contribution in [0, 0.1) is 18.3 Å². The van der Waals surface area contributed by atoms with Crippen molar-refractivity contribution in [2.24, 2.45) is 0 Å². The molecule has 30 heavy (non-hydrogen) atoms. The van der Waals surface area contributed by atoms with Crippen LogP contribution in [0.25, 0.3) is 0 Å². The summed E-state index contributed by atoms with van der Waals surface area (Å²) in [5, 5.41) is 8.47. The van der Waals surface area contributed by atoms with Crippen LogP contribution in [0.2, 0.25) is 0 Å². The van der Waals surface area contributed by atoms with E-state index in [0.717, 1.165) is 22.6 Å². The van der Waals surface area contributed by atoms with E-state index < -0.39 is 0 Å². The van der Waals surface area contributed by atoms with Gasteiger partial charge in [-0.2, -0.15) is 9.60 Å². The third kappa shape index (κ3) is 14.1. The standard InChI is InChI=1S/C8H7N.2C7H8O.C2H6O2S/c1-7-4-2-3-5-8(7)6-9;2*1-8-7-5-3-2-4-6-7;1-3-4-5-2/h2-5H,1H3;2*2-6H,1H3;1-2H3. The quantitative estimate of drug-likeness (QED) is 0.285. The van der Waals surface area contributed by atoms with E-state index in [1.165, 1.54) is 19.2 Å².